The van der Waals surface area contributed by atoms with E-state index in [1.54, 1.807) is 0 Å². The Morgan fingerprint density at radius 1 is 1.05 bits per heavy atom. The molecule has 0 fully saturated rings. The SMILES string of the molecule is CC(C)(C)c1cc(N=NC(N)=S)cc(C(C)(C)C)c1O. The van der Waals surface area contributed by atoms with Gasteiger partial charge in [-0.1, -0.05) is 41.5 Å². The van der Waals surface area contributed by atoms with Crippen LogP contribution in [0, 0.1) is 0 Å². The predicted octanol–water partition coefficient (Wildman–Crippen LogP) is 4.31. The zero-order valence-corrected chi connectivity index (χ0v) is 13.8. The van der Waals surface area contributed by atoms with E-state index in [9.17, 15) is 5.11 Å². The van der Waals surface area contributed by atoms with Gasteiger partial charge >= 0.3 is 0 Å². The van der Waals surface area contributed by atoms with Gasteiger partial charge in [0.1, 0.15) is 5.75 Å². The summed E-state index contributed by atoms with van der Waals surface area (Å²) < 4.78 is 0. The molecule has 110 valence electrons. The number of azo groups is 1. The molecular formula is C15H23N3OS. The molecule has 0 aliphatic heterocycles. The molecule has 1 rings (SSSR count). The van der Waals surface area contributed by atoms with Gasteiger partial charge in [-0.05, 0) is 35.2 Å². The molecule has 5 heteroatoms. The topological polar surface area (TPSA) is 71.0 Å². The molecule has 0 amide bonds. The van der Waals surface area contributed by atoms with Gasteiger partial charge in [-0.2, -0.15) is 0 Å². The van der Waals surface area contributed by atoms with Crippen LogP contribution in [0.5, 0.6) is 5.75 Å². The van der Waals surface area contributed by atoms with Crippen LogP contribution in [0.1, 0.15) is 52.7 Å². The lowest BCUT2D eigenvalue weighted by molar-refractivity contribution is 0.423. The standard InChI is InChI=1S/C15H23N3OS/c1-14(2,3)10-7-9(17-18-13(16)20)8-11(12(10)19)15(4,5)6/h7-8,19H,1-6H3,(H2,16,20). The maximum absolute atomic E-state index is 10.5. The number of nitrogens with two attached hydrogens (primary N) is 1. The van der Waals surface area contributed by atoms with E-state index in [-0.39, 0.29) is 15.9 Å². The van der Waals surface area contributed by atoms with Crippen LogP contribution >= 0.6 is 12.2 Å². The molecule has 3 N–H and O–H groups in total. The van der Waals surface area contributed by atoms with Crippen molar-refractivity contribution in [1.29, 1.82) is 0 Å². The molecule has 0 unspecified atom stereocenters. The average molecular weight is 293 g/mol. The van der Waals surface area contributed by atoms with Gasteiger partial charge in [-0.25, -0.2) is 0 Å². The molecule has 1 aromatic rings. The monoisotopic (exact) mass is 293 g/mol. The number of hydrogen-bond acceptors (Lipinski definition) is 3. The summed E-state index contributed by atoms with van der Waals surface area (Å²) in [6.45, 7) is 12.3. The number of rotatable bonds is 1. The first-order chi connectivity index (χ1) is 8.93. The van der Waals surface area contributed by atoms with E-state index in [0.717, 1.165) is 11.1 Å². The van der Waals surface area contributed by atoms with E-state index >= 15 is 0 Å². The van der Waals surface area contributed by atoms with Crippen LogP contribution in [0.15, 0.2) is 22.4 Å². The van der Waals surface area contributed by atoms with E-state index in [0.29, 0.717) is 11.4 Å². The summed E-state index contributed by atoms with van der Waals surface area (Å²) in [4.78, 5) is 0. The Morgan fingerprint density at radius 2 is 1.45 bits per heavy atom. The van der Waals surface area contributed by atoms with E-state index in [1.165, 1.54) is 0 Å². The summed E-state index contributed by atoms with van der Waals surface area (Å²) in [7, 11) is 0. The molecule has 20 heavy (non-hydrogen) atoms. The minimum Gasteiger partial charge on any atom is -0.507 e. The van der Waals surface area contributed by atoms with Crippen LogP contribution < -0.4 is 5.73 Å². The fourth-order valence-corrected chi connectivity index (χ4v) is 1.97. The van der Waals surface area contributed by atoms with Crippen molar-refractivity contribution in [3.8, 4) is 5.75 Å². The normalized spacial score (nSPS) is 12.9. The number of benzene rings is 1. The van der Waals surface area contributed by atoms with Crippen molar-refractivity contribution in [2.75, 3.05) is 0 Å². The van der Waals surface area contributed by atoms with E-state index in [4.69, 9.17) is 18.0 Å². The molecule has 0 saturated heterocycles. The second-order valence-electron chi connectivity index (χ2n) is 6.93. The zero-order valence-electron chi connectivity index (χ0n) is 13.0. The lowest BCUT2D eigenvalue weighted by atomic mass is 9.79. The van der Waals surface area contributed by atoms with E-state index in [1.807, 2.05) is 53.7 Å². The number of hydrogen-bond donors (Lipinski definition) is 2. The van der Waals surface area contributed by atoms with Crippen molar-refractivity contribution < 1.29 is 5.11 Å². The predicted molar refractivity (Wildman–Crippen MR) is 86.8 cm³/mol. The fourth-order valence-electron chi connectivity index (χ4n) is 1.93. The van der Waals surface area contributed by atoms with Crippen LogP contribution in [0.2, 0.25) is 0 Å². The Bertz CT molecular complexity index is 516. The van der Waals surface area contributed by atoms with Gasteiger partial charge in [0, 0.05) is 11.1 Å². The molecule has 0 aliphatic rings. The first kappa shape index (κ1) is 16.6. The lowest BCUT2D eigenvalue weighted by Crippen LogP contribution is -2.16. The van der Waals surface area contributed by atoms with Crippen molar-refractivity contribution in [2.24, 2.45) is 16.0 Å². The molecule has 0 bridgehead atoms. The molecule has 0 aromatic heterocycles. The summed E-state index contributed by atoms with van der Waals surface area (Å²) in [6, 6.07) is 3.65. The molecule has 4 nitrogen and oxygen atoms in total. The highest BCUT2D eigenvalue weighted by atomic mass is 32.1. The first-order valence-corrected chi connectivity index (χ1v) is 6.93. The third-order valence-corrected chi connectivity index (χ3v) is 3.06. The average Bonchev–Trinajstić information content (AvgIpc) is 2.24. The van der Waals surface area contributed by atoms with Crippen molar-refractivity contribution in [2.45, 2.75) is 52.4 Å². The number of thiocarbonyl (C=S) groups is 1. The second kappa shape index (κ2) is 5.48. The molecule has 0 spiro atoms. The Labute approximate surface area is 126 Å². The van der Waals surface area contributed by atoms with Gasteiger partial charge in [0.05, 0.1) is 5.69 Å². The van der Waals surface area contributed by atoms with Crippen LogP contribution in [0.4, 0.5) is 5.69 Å². The summed E-state index contributed by atoms with van der Waals surface area (Å²) in [6.07, 6.45) is 0. The highest BCUT2D eigenvalue weighted by Crippen LogP contribution is 2.41. The quantitative estimate of drug-likeness (QED) is 0.598. The van der Waals surface area contributed by atoms with Crippen molar-refractivity contribution >= 4 is 23.0 Å². The summed E-state index contributed by atoms with van der Waals surface area (Å²) in [5.74, 6) is 0.319. The largest absolute Gasteiger partial charge is 0.507 e. The first-order valence-electron chi connectivity index (χ1n) is 6.52. The number of phenolic OH excluding ortho intramolecular Hbond substituents is 1. The Hall–Kier alpha value is -1.49. The Balaban J connectivity index is 3.54. The van der Waals surface area contributed by atoms with Crippen molar-refractivity contribution in [3.63, 3.8) is 0 Å². The van der Waals surface area contributed by atoms with Crippen molar-refractivity contribution in [1.82, 2.24) is 0 Å². The molecule has 0 saturated carbocycles. The fraction of sp³-hybridized carbons (Fsp3) is 0.533. The third kappa shape index (κ3) is 4.00. The minimum absolute atomic E-state index is 0.00677. The Morgan fingerprint density at radius 3 is 1.75 bits per heavy atom. The summed E-state index contributed by atoms with van der Waals surface area (Å²) >= 11 is 4.70. The molecule has 0 radical (unpaired) electrons. The third-order valence-electron chi connectivity index (χ3n) is 2.97. The second-order valence-corrected chi connectivity index (χ2v) is 7.35. The van der Waals surface area contributed by atoms with Crippen LogP contribution in [0.3, 0.4) is 0 Å². The number of phenols is 1. The Kier molecular flexibility index (Phi) is 4.54. The lowest BCUT2D eigenvalue weighted by Gasteiger charge is -2.27. The smallest absolute Gasteiger partial charge is 0.211 e. The van der Waals surface area contributed by atoms with Gasteiger partial charge in [0.15, 0.2) is 0 Å². The van der Waals surface area contributed by atoms with Crippen LogP contribution in [0.25, 0.3) is 0 Å². The van der Waals surface area contributed by atoms with E-state index < -0.39 is 0 Å². The van der Waals surface area contributed by atoms with Crippen LogP contribution in [-0.2, 0) is 10.8 Å². The van der Waals surface area contributed by atoms with Crippen LogP contribution in [-0.4, -0.2) is 10.2 Å². The van der Waals surface area contributed by atoms with Gasteiger partial charge in [-0.3, -0.25) is 0 Å². The highest BCUT2D eigenvalue weighted by Gasteiger charge is 2.26. The summed E-state index contributed by atoms with van der Waals surface area (Å²) in [5, 5.41) is 18.3. The number of nitrogens with zero attached hydrogens (tertiary/aromatic N) is 2. The molecule has 0 atom stereocenters. The molecule has 0 heterocycles. The number of aromatic hydroxyl groups is 1. The minimum atomic E-state index is -0.196. The zero-order chi connectivity index (χ0) is 15.7. The molecule has 1 aromatic carbocycles. The van der Waals surface area contributed by atoms with Crippen molar-refractivity contribution in [3.05, 3.63) is 23.3 Å². The van der Waals surface area contributed by atoms with Gasteiger partial charge < -0.3 is 10.8 Å². The maximum atomic E-state index is 10.5. The molecule has 0 aliphatic carbocycles. The summed E-state index contributed by atoms with van der Waals surface area (Å²) in [5.41, 5.74) is 7.26. The highest BCUT2D eigenvalue weighted by molar-refractivity contribution is 7.80. The van der Waals surface area contributed by atoms with Gasteiger partial charge in [-0.15, -0.1) is 10.2 Å². The molecular weight excluding hydrogens is 270 g/mol. The maximum Gasteiger partial charge on any atom is 0.211 e. The van der Waals surface area contributed by atoms with Gasteiger partial charge in [0.2, 0.25) is 5.11 Å². The van der Waals surface area contributed by atoms with E-state index in [2.05, 4.69) is 10.2 Å². The van der Waals surface area contributed by atoms with Gasteiger partial charge in [0.25, 0.3) is 0 Å².